The topological polar surface area (TPSA) is 40.6 Å². The molecule has 1 heterocycles. The van der Waals surface area contributed by atoms with E-state index in [0.717, 1.165) is 10.9 Å². The van der Waals surface area contributed by atoms with Crippen molar-refractivity contribution < 1.29 is 14.0 Å². The highest BCUT2D eigenvalue weighted by molar-refractivity contribution is 9.10. The third-order valence-corrected chi connectivity index (χ3v) is 3.66. The maximum absolute atomic E-state index is 13.6. The highest BCUT2D eigenvalue weighted by atomic mass is 79.9. The summed E-state index contributed by atoms with van der Waals surface area (Å²) in [7, 11) is 0. The summed E-state index contributed by atoms with van der Waals surface area (Å²) in [5.74, 6) is -0.481. The van der Waals surface area contributed by atoms with Crippen molar-refractivity contribution in [1.82, 2.24) is 9.80 Å². The number of hydrogen-bond acceptors (Lipinski definition) is 2. The van der Waals surface area contributed by atoms with Crippen LogP contribution in [0.15, 0.2) is 22.7 Å². The fraction of sp³-hybridized carbons (Fsp3) is 0.385. The van der Waals surface area contributed by atoms with Crippen LogP contribution in [0.4, 0.5) is 4.39 Å². The highest BCUT2D eigenvalue weighted by Crippen LogP contribution is 2.17. The average molecular weight is 329 g/mol. The van der Waals surface area contributed by atoms with E-state index < -0.39 is 0 Å². The molecule has 0 aromatic heterocycles. The van der Waals surface area contributed by atoms with Crippen molar-refractivity contribution in [2.45, 2.75) is 6.42 Å². The van der Waals surface area contributed by atoms with Crippen LogP contribution in [-0.2, 0) is 16.0 Å². The Kier molecular flexibility index (Phi) is 4.52. The van der Waals surface area contributed by atoms with E-state index >= 15 is 0 Å². The van der Waals surface area contributed by atoms with Gasteiger partial charge in [-0.05, 0) is 23.8 Å². The number of rotatable bonds is 3. The van der Waals surface area contributed by atoms with Gasteiger partial charge in [-0.3, -0.25) is 9.59 Å². The predicted octanol–water partition coefficient (Wildman–Crippen LogP) is 1.43. The minimum atomic E-state index is -0.372. The van der Waals surface area contributed by atoms with Crippen LogP contribution in [0.2, 0.25) is 0 Å². The van der Waals surface area contributed by atoms with Gasteiger partial charge in [-0.1, -0.05) is 15.9 Å². The molecular weight excluding hydrogens is 315 g/mol. The molecule has 1 aliphatic rings. The first-order valence-corrected chi connectivity index (χ1v) is 6.80. The van der Waals surface area contributed by atoms with Crippen molar-refractivity contribution in [2.75, 3.05) is 26.2 Å². The Balaban J connectivity index is 1.98. The van der Waals surface area contributed by atoms with Gasteiger partial charge in [0.05, 0.1) is 6.42 Å². The third-order valence-electron chi connectivity index (χ3n) is 3.17. The molecular formula is C13H14BrFN2O2. The normalized spacial score (nSPS) is 15.5. The molecule has 0 spiro atoms. The predicted molar refractivity (Wildman–Crippen MR) is 72.0 cm³/mol. The van der Waals surface area contributed by atoms with Gasteiger partial charge in [-0.25, -0.2) is 4.39 Å². The van der Waals surface area contributed by atoms with Crippen molar-refractivity contribution in [2.24, 2.45) is 0 Å². The van der Waals surface area contributed by atoms with Gasteiger partial charge in [0.2, 0.25) is 12.3 Å². The molecule has 1 aromatic rings. The van der Waals surface area contributed by atoms with Crippen LogP contribution in [-0.4, -0.2) is 48.3 Å². The molecule has 1 aromatic carbocycles. The van der Waals surface area contributed by atoms with Gasteiger partial charge < -0.3 is 9.80 Å². The number of piperazine rings is 1. The van der Waals surface area contributed by atoms with Gasteiger partial charge in [0.1, 0.15) is 5.82 Å². The van der Waals surface area contributed by atoms with Gasteiger partial charge in [0.15, 0.2) is 0 Å². The molecule has 4 nitrogen and oxygen atoms in total. The molecule has 6 heteroatoms. The maximum Gasteiger partial charge on any atom is 0.227 e. The smallest absolute Gasteiger partial charge is 0.227 e. The lowest BCUT2D eigenvalue weighted by molar-refractivity contribution is -0.134. The molecule has 2 rings (SSSR count). The molecule has 19 heavy (non-hydrogen) atoms. The average Bonchev–Trinajstić information content (AvgIpc) is 2.43. The van der Waals surface area contributed by atoms with E-state index in [1.165, 1.54) is 6.07 Å². The summed E-state index contributed by atoms with van der Waals surface area (Å²) in [6.07, 6.45) is 0.835. The summed E-state index contributed by atoms with van der Waals surface area (Å²) in [6.45, 7) is 2.09. The Labute approximate surface area is 119 Å². The van der Waals surface area contributed by atoms with E-state index in [1.54, 1.807) is 21.9 Å². The zero-order valence-corrected chi connectivity index (χ0v) is 11.9. The largest absolute Gasteiger partial charge is 0.342 e. The van der Waals surface area contributed by atoms with E-state index in [1.807, 2.05) is 0 Å². The van der Waals surface area contributed by atoms with Crippen molar-refractivity contribution in [3.8, 4) is 0 Å². The monoisotopic (exact) mass is 328 g/mol. The quantitative estimate of drug-likeness (QED) is 0.787. The summed E-state index contributed by atoms with van der Waals surface area (Å²) in [5.41, 5.74) is 0.386. The Morgan fingerprint density at radius 2 is 2.00 bits per heavy atom. The van der Waals surface area contributed by atoms with E-state index in [9.17, 15) is 14.0 Å². The summed E-state index contributed by atoms with van der Waals surface area (Å²) >= 11 is 3.26. The maximum atomic E-state index is 13.6. The Morgan fingerprint density at radius 3 is 2.63 bits per heavy atom. The number of amides is 2. The number of hydrogen-bond donors (Lipinski definition) is 0. The van der Waals surface area contributed by atoms with Gasteiger partial charge >= 0.3 is 0 Å². The second kappa shape index (κ2) is 6.14. The van der Waals surface area contributed by atoms with Crippen LogP contribution in [0, 0.1) is 5.82 Å². The molecule has 1 aliphatic heterocycles. The molecule has 0 unspecified atom stereocenters. The van der Waals surface area contributed by atoms with Crippen LogP contribution in [0.1, 0.15) is 5.56 Å². The summed E-state index contributed by atoms with van der Waals surface area (Å²) < 4.78 is 14.3. The first kappa shape index (κ1) is 14.0. The standard InChI is InChI=1S/C13H14BrFN2O2/c14-11-1-2-12(15)10(7-11)8-13(19)17-5-3-16(9-18)4-6-17/h1-2,7,9H,3-6,8H2. The molecule has 0 N–H and O–H groups in total. The van der Waals surface area contributed by atoms with Gasteiger partial charge in [0.25, 0.3) is 0 Å². The zero-order chi connectivity index (χ0) is 13.8. The van der Waals surface area contributed by atoms with Crippen LogP contribution in [0.25, 0.3) is 0 Å². The Hall–Kier alpha value is -1.43. The number of nitrogens with zero attached hydrogens (tertiary/aromatic N) is 2. The molecule has 0 radical (unpaired) electrons. The van der Waals surface area contributed by atoms with Crippen molar-refractivity contribution in [3.63, 3.8) is 0 Å². The first-order valence-electron chi connectivity index (χ1n) is 6.01. The summed E-state index contributed by atoms with van der Waals surface area (Å²) in [4.78, 5) is 25.9. The van der Waals surface area contributed by atoms with Crippen molar-refractivity contribution in [1.29, 1.82) is 0 Å². The molecule has 0 atom stereocenters. The Morgan fingerprint density at radius 1 is 1.32 bits per heavy atom. The van der Waals surface area contributed by atoms with E-state index in [2.05, 4.69) is 15.9 Å². The van der Waals surface area contributed by atoms with Crippen LogP contribution >= 0.6 is 15.9 Å². The molecule has 2 amide bonds. The molecule has 0 saturated carbocycles. The van der Waals surface area contributed by atoms with E-state index in [0.29, 0.717) is 31.7 Å². The fourth-order valence-corrected chi connectivity index (χ4v) is 2.44. The van der Waals surface area contributed by atoms with Gasteiger partial charge in [-0.15, -0.1) is 0 Å². The van der Waals surface area contributed by atoms with Gasteiger partial charge in [0, 0.05) is 30.7 Å². The second-order valence-corrected chi connectivity index (χ2v) is 5.35. The minimum absolute atomic E-state index is 0.0480. The zero-order valence-electron chi connectivity index (χ0n) is 10.3. The molecule has 1 fully saturated rings. The minimum Gasteiger partial charge on any atom is -0.342 e. The molecule has 0 bridgehead atoms. The number of carbonyl (C=O) groups excluding carboxylic acids is 2. The second-order valence-electron chi connectivity index (χ2n) is 4.43. The van der Waals surface area contributed by atoms with Crippen LogP contribution < -0.4 is 0 Å². The fourth-order valence-electron chi connectivity index (χ4n) is 2.03. The number of carbonyl (C=O) groups is 2. The summed E-state index contributed by atoms with van der Waals surface area (Å²) in [6, 6.07) is 4.57. The van der Waals surface area contributed by atoms with Crippen LogP contribution in [0.5, 0.6) is 0 Å². The lowest BCUT2D eigenvalue weighted by Crippen LogP contribution is -2.48. The number of halogens is 2. The van der Waals surface area contributed by atoms with Crippen molar-refractivity contribution in [3.05, 3.63) is 34.1 Å². The summed E-state index contributed by atoms with van der Waals surface area (Å²) in [5, 5.41) is 0. The molecule has 102 valence electrons. The van der Waals surface area contributed by atoms with Gasteiger partial charge in [-0.2, -0.15) is 0 Å². The lowest BCUT2D eigenvalue weighted by atomic mass is 10.1. The van der Waals surface area contributed by atoms with E-state index in [-0.39, 0.29) is 18.1 Å². The highest BCUT2D eigenvalue weighted by Gasteiger charge is 2.21. The third kappa shape index (κ3) is 3.53. The first-order chi connectivity index (χ1) is 9.10. The van der Waals surface area contributed by atoms with Crippen molar-refractivity contribution >= 4 is 28.2 Å². The lowest BCUT2D eigenvalue weighted by Gasteiger charge is -2.32. The van der Waals surface area contributed by atoms with E-state index in [4.69, 9.17) is 0 Å². The number of benzene rings is 1. The van der Waals surface area contributed by atoms with Crippen LogP contribution in [0.3, 0.4) is 0 Å². The molecule has 1 saturated heterocycles. The molecule has 0 aliphatic carbocycles. The Bertz CT molecular complexity index is 488. The SMILES string of the molecule is O=CN1CCN(C(=O)Cc2cc(Br)ccc2F)CC1.